The van der Waals surface area contributed by atoms with Crippen molar-refractivity contribution in [1.82, 2.24) is 9.88 Å². The lowest BCUT2D eigenvalue weighted by atomic mass is 10.2. The summed E-state index contributed by atoms with van der Waals surface area (Å²) in [7, 11) is 2.03. The van der Waals surface area contributed by atoms with E-state index in [1.807, 2.05) is 7.05 Å². The van der Waals surface area contributed by atoms with Crippen LogP contribution in [0.2, 0.25) is 0 Å². The van der Waals surface area contributed by atoms with Gasteiger partial charge in [-0.15, -0.1) is 0 Å². The Balaban J connectivity index is 2.06. The summed E-state index contributed by atoms with van der Waals surface area (Å²) in [6.07, 6.45) is -4.33. The van der Waals surface area contributed by atoms with E-state index in [1.165, 1.54) is 17.4 Å². The zero-order valence-electron chi connectivity index (χ0n) is 12.2. The van der Waals surface area contributed by atoms with Crippen molar-refractivity contribution in [1.29, 1.82) is 0 Å². The molecular formula is C14H18F3N3S. The topological polar surface area (TPSA) is 28.2 Å². The molecule has 1 N–H and O–H groups in total. The maximum Gasteiger partial charge on any atom is 0.416 e. The molecule has 21 heavy (non-hydrogen) atoms. The van der Waals surface area contributed by atoms with E-state index in [0.29, 0.717) is 23.2 Å². The van der Waals surface area contributed by atoms with Crippen LogP contribution in [0.4, 0.5) is 18.3 Å². The van der Waals surface area contributed by atoms with Gasteiger partial charge in [-0.2, -0.15) is 13.2 Å². The number of alkyl halides is 3. The molecule has 1 heterocycles. The van der Waals surface area contributed by atoms with E-state index < -0.39 is 11.7 Å². The zero-order chi connectivity index (χ0) is 15.6. The van der Waals surface area contributed by atoms with Gasteiger partial charge in [0.15, 0.2) is 5.13 Å². The minimum absolute atomic E-state index is 0.384. The lowest BCUT2D eigenvalue weighted by molar-refractivity contribution is -0.137. The van der Waals surface area contributed by atoms with Crippen molar-refractivity contribution < 1.29 is 13.2 Å². The van der Waals surface area contributed by atoms with Gasteiger partial charge in [-0.25, -0.2) is 4.98 Å². The van der Waals surface area contributed by atoms with Crippen molar-refractivity contribution in [3.05, 3.63) is 23.8 Å². The third kappa shape index (κ3) is 4.07. The van der Waals surface area contributed by atoms with Crippen LogP contribution in [-0.2, 0) is 6.18 Å². The molecule has 7 heteroatoms. The Hall–Kier alpha value is -1.34. The van der Waals surface area contributed by atoms with Crippen molar-refractivity contribution >= 4 is 26.7 Å². The number of nitrogens with one attached hydrogen (secondary N) is 1. The maximum absolute atomic E-state index is 12.6. The van der Waals surface area contributed by atoms with Crippen LogP contribution in [0.15, 0.2) is 18.2 Å². The fourth-order valence-electron chi connectivity index (χ4n) is 1.78. The maximum atomic E-state index is 12.6. The van der Waals surface area contributed by atoms with E-state index in [2.05, 4.69) is 29.0 Å². The average Bonchev–Trinajstić information content (AvgIpc) is 2.78. The number of anilines is 1. The van der Waals surface area contributed by atoms with Gasteiger partial charge in [0.05, 0.1) is 15.8 Å². The third-order valence-electron chi connectivity index (χ3n) is 3.34. The van der Waals surface area contributed by atoms with Crippen LogP contribution in [0.1, 0.15) is 19.4 Å². The highest BCUT2D eigenvalue weighted by molar-refractivity contribution is 7.22. The van der Waals surface area contributed by atoms with E-state index >= 15 is 0 Å². The number of hydrogen-bond donors (Lipinski definition) is 1. The number of likely N-dealkylation sites (N-methyl/N-ethyl adjacent to an activating group) is 1. The first-order valence-corrected chi connectivity index (χ1v) is 7.51. The molecule has 2 rings (SSSR count). The Bertz CT molecular complexity index is 607. The minimum atomic E-state index is -4.33. The van der Waals surface area contributed by atoms with Gasteiger partial charge in [0.2, 0.25) is 0 Å². The molecule has 2 aromatic rings. The second kappa shape index (κ2) is 6.19. The molecule has 1 aromatic heterocycles. The van der Waals surface area contributed by atoms with Crippen LogP contribution in [0.25, 0.3) is 10.2 Å². The number of halogens is 3. The second-order valence-corrected chi connectivity index (χ2v) is 6.23. The van der Waals surface area contributed by atoms with Gasteiger partial charge in [0.1, 0.15) is 0 Å². The number of fused-ring (bicyclic) bond motifs is 1. The summed E-state index contributed by atoms with van der Waals surface area (Å²) >= 11 is 1.37. The van der Waals surface area contributed by atoms with Crippen molar-refractivity contribution in [3.8, 4) is 0 Å². The first kappa shape index (κ1) is 16.0. The van der Waals surface area contributed by atoms with Crippen molar-refractivity contribution in [2.75, 3.05) is 25.5 Å². The molecule has 0 unspecified atom stereocenters. The third-order valence-corrected chi connectivity index (χ3v) is 4.33. The average molecular weight is 317 g/mol. The van der Waals surface area contributed by atoms with Crippen molar-refractivity contribution in [2.45, 2.75) is 26.1 Å². The molecule has 0 saturated heterocycles. The normalized spacial score (nSPS) is 12.6. The first-order valence-electron chi connectivity index (χ1n) is 6.69. The van der Waals surface area contributed by atoms with Gasteiger partial charge in [-0.1, -0.05) is 11.3 Å². The summed E-state index contributed by atoms with van der Waals surface area (Å²) < 4.78 is 38.7. The molecule has 0 amide bonds. The van der Waals surface area contributed by atoms with Gasteiger partial charge in [-0.05, 0) is 39.1 Å². The molecule has 0 spiro atoms. The van der Waals surface area contributed by atoms with E-state index in [1.54, 1.807) is 0 Å². The Morgan fingerprint density at radius 3 is 2.67 bits per heavy atom. The van der Waals surface area contributed by atoms with Gasteiger partial charge in [-0.3, -0.25) is 0 Å². The van der Waals surface area contributed by atoms with Crippen LogP contribution < -0.4 is 5.32 Å². The predicted octanol–water partition coefficient (Wildman–Crippen LogP) is 4.07. The molecule has 116 valence electrons. The van der Waals surface area contributed by atoms with E-state index in [0.717, 1.165) is 23.4 Å². The highest BCUT2D eigenvalue weighted by atomic mass is 32.1. The molecule has 0 atom stereocenters. The molecule has 1 aromatic carbocycles. The number of benzene rings is 1. The molecule has 0 bridgehead atoms. The van der Waals surface area contributed by atoms with Crippen LogP contribution in [0.3, 0.4) is 0 Å². The number of hydrogen-bond acceptors (Lipinski definition) is 4. The lowest BCUT2D eigenvalue weighted by Gasteiger charge is -2.20. The molecule has 0 saturated carbocycles. The number of aromatic nitrogens is 1. The summed E-state index contributed by atoms with van der Waals surface area (Å²) in [6.45, 7) is 5.77. The van der Waals surface area contributed by atoms with Crippen molar-refractivity contribution in [3.63, 3.8) is 0 Å². The minimum Gasteiger partial charge on any atom is -0.360 e. The quantitative estimate of drug-likeness (QED) is 0.901. The standard InChI is InChI=1S/C14H18F3N3S/c1-9(2)20(3)7-6-18-13-19-11-8-10(14(15,16)17)4-5-12(11)21-13/h4-5,8-9H,6-7H2,1-3H3,(H,18,19). The zero-order valence-corrected chi connectivity index (χ0v) is 13.0. The van der Waals surface area contributed by atoms with Crippen LogP contribution in [0.5, 0.6) is 0 Å². The van der Waals surface area contributed by atoms with Gasteiger partial charge >= 0.3 is 6.18 Å². The Morgan fingerprint density at radius 2 is 2.05 bits per heavy atom. The molecule has 0 aliphatic rings. The number of rotatable bonds is 5. The summed E-state index contributed by atoms with van der Waals surface area (Å²) in [4.78, 5) is 6.40. The SMILES string of the molecule is CC(C)N(C)CCNc1nc2cc(C(F)(F)F)ccc2s1. The molecule has 0 aliphatic heterocycles. The van der Waals surface area contributed by atoms with Crippen LogP contribution in [0, 0.1) is 0 Å². The molecule has 3 nitrogen and oxygen atoms in total. The lowest BCUT2D eigenvalue weighted by Crippen LogP contribution is -2.31. The van der Waals surface area contributed by atoms with Crippen LogP contribution >= 0.6 is 11.3 Å². The highest BCUT2D eigenvalue weighted by Gasteiger charge is 2.30. The first-order chi connectivity index (χ1) is 9.77. The number of nitrogens with zero attached hydrogens (tertiary/aromatic N) is 2. The Kier molecular flexibility index (Phi) is 4.73. The second-order valence-electron chi connectivity index (χ2n) is 5.20. The Morgan fingerprint density at radius 1 is 1.33 bits per heavy atom. The molecular weight excluding hydrogens is 299 g/mol. The summed E-state index contributed by atoms with van der Waals surface area (Å²) in [5, 5.41) is 3.82. The Labute approximate surface area is 125 Å². The monoisotopic (exact) mass is 317 g/mol. The fraction of sp³-hybridized carbons (Fsp3) is 0.500. The van der Waals surface area contributed by atoms with Gasteiger partial charge in [0, 0.05) is 19.1 Å². The van der Waals surface area contributed by atoms with Crippen LogP contribution in [-0.4, -0.2) is 36.1 Å². The highest BCUT2D eigenvalue weighted by Crippen LogP contribution is 2.33. The van der Waals surface area contributed by atoms with Crippen molar-refractivity contribution in [2.24, 2.45) is 0 Å². The van der Waals surface area contributed by atoms with E-state index in [-0.39, 0.29) is 0 Å². The number of thiazole rings is 1. The van der Waals surface area contributed by atoms with Gasteiger partial charge < -0.3 is 10.2 Å². The van der Waals surface area contributed by atoms with E-state index in [9.17, 15) is 13.2 Å². The molecule has 0 fully saturated rings. The smallest absolute Gasteiger partial charge is 0.360 e. The largest absolute Gasteiger partial charge is 0.416 e. The summed E-state index contributed by atoms with van der Waals surface area (Å²) in [6, 6.07) is 4.12. The fourth-order valence-corrected chi connectivity index (χ4v) is 2.65. The molecule has 0 aliphatic carbocycles. The van der Waals surface area contributed by atoms with E-state index in [4.69, 9.17) is 0 Å². The summed E-state index contributed by atoms with van der Waals surface area (Å²) in [5.41, 5.74) is -0.277. The predicted molar refractivity (Wildman–Crippen MR) is 80.9 cm³/mol. The van der Waals surface area contributed by atoms with Gasteiger partial charge in [0.25, 0.3) is 0 Å². The molecule has 0 radical (unpaired) electrons. The summed E-state index contributed by atoms with van der Waals surface area (Å²) in [5.74, 6) is 0.